The Labute approximate surface area is 211 Å². The van der Waals surface area contributed by atoms with Gasteiger partial charge in [-0.1, -0.05) is 42.8 Å². The Morgan fingerprint density at radius 1 is 1.06 bits per heavy atom. The Morgan fingerprint density at radius 2 is 1.75 bits per heavy atom. The number of rotatable bonds is 8. The molecule has 2 aromatic carbocycles. The van der Waals surface area contributed by atoms with E-state index >= 15 is 0 Å². The number of allylic oxidation sites excluding steroid dienone is 1. The molecule has 2 aliphatic heterocycles. The molecular formula is C28H34F2N4O2. The van der Waals surface area contributed by atoms with E-state index in [1.54, 1.807) is 0 Å². The molecule has 0 aliphatic carbocycles. The highest BCUT2D eigenvalue weighted by Crippen LogP contribution is 2.30. The smallest absolute Gasteiger partial charge is 0.319 e. The van der Waals surface area contributed by atoms with Crippen molar-refractivity contribution in [3.05, 3.63) is 82.1 Å². The highest BCUT2D eigenvalue weighted by atomic mass is 19.2. The van der Waals surface area contributed by atoms with Crippen molar-refractivity contribution in [3.8, 4) is 0 Å². The highest BCUT2D eigenvalue weighted by Gasteiger charge is 2.32. The summed E-state index contributed by atoms with van der Waals surface area (Å²) >= 11 is 0. The SMILES string of the molecule is CCC1=C(C(=O)NCCCN2CCC(c3ccc(C)cc3)CC2)C(c2ccc(F)c(F)c2)NC(=O)N1. The molecule has 3 amide bonds. The van der Waals surface area contributed by atoms with Crippen molar-refractivity contribution in [1.29, 1.82) is 0 Å². The van der Waals surface area contributed by atoms with Crippen LogP contribution in [0.3, 0.4) is 0 Å². The van der Waals surface area contributed by atoms with E-state index in [0.717, 1.165) is 51.0 Å². The van der Waals surface area contributed by atoms with E-state index in [1.807, 2.05) is 6.92 Å². The summed E-state index contributed by atoms with van der Waals surface area (Å²) in [7, 11) is 0. The third-order valence-electron chi connectivity index (χ3n) is 7.10. The van der Waals surface area contributed by atoms with Gasteiger partial charge in [0.1, 0.15) is 0 Å². The molecule has 1 fully saturated rings. The van der Waals surface area contributed by atoms with E-state index in [9.17, 15) is 18.4 Å². The van der Waals surface area contributed by atoms with Gasteiger partial charge in [0.2, 0.25) is 0 Å². The van der Waals surface area contributed by atoms with Crippen molar-refractivity contribution in [2.24, 2.45) is 0 Å². The normalized spacial score (nSPS) is 19.1. The van der Waals surface area contributed by atoms with Crippen LogP contribution in [-0.2, 0) is 4.79 Å². The fourth-order valence-corrected chi connectivity index (χ4v) is 5.04. The number of carbonyl (C=O) groups is 2. The van der Waals surface area contributed by atoms with Gasteiger partial charge in [-0.3, -0.25) is 4.79 Å². The van der Waals surface area contributed by atoms with Crippen LogP contribution in [0.4, 0.5) is 13.6 Å². The van der Waals surface area contributed by atoms with E-state index in [-0.39, 0.29) is 5.91 Å². The molecule has 0 radical (unpaired) electrons. The molecule has 6 nitrogen and oxygen atoms in total. The average Bonchev–Trinajstić information content (AvgIpc) is 2.88. The van der Waals surface area contributed by atoms with Crippen molar-refractivity contribution in [2.45, 2.75) is 51.5 Å². The molecular weight excluding hydrogens is 462 g/mol. The molecule has 8 heteroatoms. The number of likely N-dealkylation sites (tertiary alicyclic amines) is 1. The molecule has 2 aromatic rings. The molecule has 3 N–H and O–H groups in total. The third kappa shape index (κ3) is 6.10. The van der Waals surface area contributed by atoms with Crippen LogP contribution in [0.2, 0.25) is 0 Å². The van der Waals surface area contributed by atoms with Crippen molar-refractivity contribution < 1.29 is 18.4 Å². The van der Waals surface area contributed by atoms with Gasteiger partial charge in [0.15, 0.2) is 11.6 Å². The largest absolute Gasteiger partial charge is 0.352 e. The van der Waals surface area contributed by atoms with Gasteiger partial charge < -0.3 is 20.9 Å². The molecule has 0 bridgehead atoms. The van der Waals surface area contributed by atoms with Crippen LogP contribution in [0.25, 0.3) is 0 Å². The number of nitrogens with one attached hydrogen (secondary N) is 3. The van der Waals surface area contributed by atoms with Crippen LogP contribution >= 0.6 is 0 Å². The van der Waals surface area contributed by atoms with E-state index in [2.05, 4.69) is 52.0 Å². The monoisotopic (exact) mass is 496 g/mol. The van der Waals surface area contributed by atoms with Crippen LogP contribution in [0, 0.1) is 18.6 Å². The van der Waals surface area contributed by atoms with Crippen LogP contribution < -0.4 is 16.0 Å². The Hall–Kier alpha value is -3.26. The predicted octanol–water partition coefficient (Wildman–Crippen LogP) is 4.68. The summed E-state index contributed by atoms with van der Waals surface area (Å²) in [6.07, 6.45) is 3.48. The zero-order valence-corrected chi connectivity index (χ0v) is 20.9. The lowest BCUT2D eigenvalue weighted by molar-refractivity contribution is -0.118. The molecule has 0 aromatic heterocycles. The minimum absolute atomic E-state index is 0.316. The van der Waals surface area contributed by atoms with E-state index in [1.165, 1.54) is 17.2 Å². The number of benzene rings is 2. The lowest BCUT2D eigenvalue weighted by Gasteiger charge is -2.32. The van der Waals surface area contributed by atoms with Crippen LogP contribution in [0.1, 0.15) is 61.3 Å². The van der Waals surface area contributed by atoms with Gasteiger partial charge in [-0.15, -0.1) is 0 Å². The van der Waals surface area contributed by atoms with Crippen molar-refractivity contribution >= 4 is 11.9 Å². The Kier molecular flexibility index (Phi) is 8.36. The molecule has 192 valence electrons. The first kappa shape index (κ1) is 25.8. The second kappa shape index (κ2) is 11.6. The van der Waals surface area contributed by atoms with E-state index in [4.69, 9.17) is 0 Å². The van der Waals surface area contributed by atoms with E-state index < -0.39 is 23.7 Å². The molecule has 0 spiro atoms. The fraction of sp³-hybridized carbons (Fsp3) is 0.429. The van der Waals surface area contributed by atoms with Gasteiger partial charge in [-0.05, 0) is 81.4 Å². The minimum atomic E-state index is -1.02. The average molecular weight is 497 g/mol. The third-order valence-corrected chi connectivity index (χ3v) is 7.10. The first-order chi connectivity index (χ1) is 17.4. The van der Waals surface area contributed by atoms with Gasteiger partial charge in [-0.2, -0.15) is 0 Å². The lowest BCUT2D eigenvalue weighted by Crippen LogP contribution is -2.47. The molecule has 0 saturated carbocycles. The number of carbonyl (C=O) groups excluding carboxylic acids is 2. The number of urea groups is 1. The van der Waals surface area contributed by atoms with Crippen molar-refractivity contribution in [1.82, 2.24) is 20.9 Å². The van der Waals surface area contributed by atoms with Crippen LogP contribution in [0.15, 0.2) is 53.7 Å². The topological polar surface area (TPSA) is 73.5 Å². The number of hydrogen-bond acceptors (Lipinski definition) is 3. The molecule has 1 atom stereocenters. The second-order valence-electron chi connectivity index (χ2n) is 9.59. The summed E-state index contributed by atoms with van der Waals surface area (Å²) in [5, 5.41) is 8.30. The molecule has 4 rings (SSSR count). The van der Waals surface area contributed by atoms with Gasteiger partial charge in [-0.25, -0.2) is 13.6 Å². The number of hydrogen-bond donors (Lipinski definition) is 3. The molecule has 2 heterocycles. The van der Waals surface area contributed by atoms with Gasteiger partial charge in [0, 0.05) is 12.2 Å². The number of nitrogens with zero attached hydrogens (tertiary/aromatic N) is 1. The van der Waals surface area contributed by atoms with Crippen LogP contribution in [-0.4, -0.2) is 43.0 Å². The lowest BCUT2D eigenvalue weighted by atomic mass is 9.89. The zero-order chi connectivity index (χ0) is 25.7. The van der Waals surface area contributed by atoms with Crippen molar-refractivity contribution in [2.75, 3.05) is 26.2 Å². The summed E-state index contributed by atoms with van der Waals surface area (Å²) in [6.45, 7) is 7.38. The maximum atomic E-state index is 13.9. The quantitative estimate of drug-likeness (QED) is 0.465. The summed E-state index contributed by atoms with van der Waals surface area (Å²) < 4.78 is 27.3. The summed E-state index contributed by atoms with van der Waals surface area (Å²) in [5.41, 5.74) is 3.81. The molecule has 2 aliphatic rings. The molecule has 1 unspecified atom stereocenters. The zero-order valence-electron chi connectivity index (χ0n) is 20.9. The number of aryl methyl sites for hydroxylation is 1. The highest BCUT2D eigenvalue weighted by molar-refractivity contribution is 5.98. The fourth-order valence-electron chi connectivity index (χ4n) is 5.04. The number of amides is 3. The maximum Gasteiger partial charge on any atom is 0.319 e. The van der Waals surface area contributed by atoms with Crippen molar-refractivity contribution in [3.63, 3.8) is 0 Å². The first-order valence-electron chi connectivity index (χ1n) is 12.7. The predicted molar refractivity (Wildman–Crippen MR) is 135 cm³/mol. The summed E-state index contributed by atoms with van der Waals surface area (Å²) in [6, 6.07) is 10.9. The number of piperidine rings is 1. The Morgan fingerprint density at radius 3 is 2.42 bits per heavy atom. The Bertz CT molecular complexity index is 1120. The molecule has 36 heavy (non-hydrogen) atoms. The first-order valence-corrected chi connectivity index (χ1v) is 12.7. The summed E-state index contributed by atoms with van der Waals surface area (Å²) in [4.78, 5) is 27.7. The van der Waals surface area contributed by atoms with Gasteiger partial charge in [0.25, 0.3) is 5.91 Å². The number of halogens is 2. The van der Waals surface area contributed by atoms with Gasteiger partial charge >= 0.3 is 6.03 Å². The Balaban J connectivity index is 1.31. The maximum absolute atomic E-state index is 13.9. The second-order valence-corrected chi connectivity index (χ2v) is 9.59. The standard InChI is InChI=1S/C28H34F2N4O2/c1-3-24-25(26(33-28(36)32-24)21-9-10-22(29)23(30)17-21)27(35)31-13-4-14-34-15-11-20(12-16-34)19-7-5-18(2)6-8-19/h5-10,17,20,26H,3-4,11-16H2,1-2H3,(H,31,35)(H2,32,33,36). The molecule has 1 saturated heterocycles. The summed E-state index contributed by atoms with van der Waals surface area (Å²) in [5.74, 6) is -1.73. The van der Waals surface area contributed by atoms with Crippen LogP contribution in [0.5, 0.6) is 0 Å². The van der Waals surface area contributed by atoms with Gasteiger partial charge in [0.05, 0.1) is 11.6 Å². The minimum Gasteiger partial charge on any atom is -0.352 e. The van der Waals surface area contributed by atoms with E-state index in [0.29, 0.717) is 35.7 Å².